The van der Waals surface area contributed by atoms with Gasteiger partial charge in [0.25, 0.3) is 0 Å². The molecule has 0 saturated carbocycles. The maximum atomic E-state index is 12.9. The Hall–Kier alpha value is -3.67. The van der Waals surface area contributed by atoms with Crippen LogP contribution in [0.1, 0.15) is 42.1 Å². The molecule has 6 nitrogen and oxygen atoms in total. The van der Waals surface area contributed by atoms with Crippen molar-refractivity contribution in [2.45, 2.75) is 38.8 Å². The highest BCUT2D eigenvalue weighted by Crippen LogP contribution is 2.20. The molecule has 0 saturated heterocycles. The Balaban J connectivity index is 1.63. The molecule has 0 spiro atoms. The van der Waals surface area contributed by atoms with Crippen molar-refractivity contribution < 1.29 is 23.9 Å². The third-order valence-electron chi connectivity index (χ3n) is 4.99. The summed E-state index contributed by atoms with van der Waals surface area (Å²) in [5, 5.41) is 4.39. The number of carbonyl (C=O) groups is 3. The van der Waals surface area contributed by atoms with Crippen molar-refractivity contribution in [3.63, 3.8) is 0 Å². The van der Waals surface area contributed by atoms with Crippen LogP contribution in [0.4, 0.5) is 4.79 Å². The van der Waals surface area contributed by atoms with Crippen molar-refractivity contribution >= 4 is 28.6 Å². The molecule has 166 valence electrons. The highest BCUT2D eigenvalue weighted by Gasteiger charge is 2.24. The second-order valence-corrected chi connectivity index (χ2v) is 7.41. The van der Waals surface area contributed by atoms with Crippen molar-refractivity contribution in [2.24, 2.45) is 0 Å². The molecule has 0 bridgehead atoms. The number of ether oxygens (including phenoxy) is 2. The standard InChI is InChI=1S/C26H27NO5/c1-2-17-31-25(29)23(27-26(30)32-18-19-9-4-3-5-10-19)15-16-24(28)22-14-8-12-20-11-6-7-13-21(20)22/h3-14,23H,2,15-18H2,1H3,(H,27,30). The van der Waals surface area contributed by atoms with E-state index >= 15 is 0 Å². The molecule has 3 rings (SSSR count). The minimum atomic E-state index is -0.969. The molecule has 0 aromatic heterocycles. The molecule has 1 atom stereocenters. The van der Waals surface area contributed by atoms with Gasteiger partial charge in [0.1, 0.15) is 12.6 Å². The maximum Gasteiger partial charge on any atom is 0.408 e. The quantitative estimate of drug-likeness (QED) is 0.357. The summed E-state index contributed by atoms with van der Waals surface area (Å²) in [6, 6.07) is 21.5. The van der Waals surface area contributed by atoms with Gasteiger partial charge in [0.05, 0.1) is 6.61 Å². The number of carbonyl (C=O) groups excluding carboxylic acids is 3. The lowest BCUT2D eigenvalue weighted by atomic mass is 9.97. The van der Waals surface area contributed by atoms with Gasteiger partial charge in [0.2, 0.25) is 0 Å². The molecule has 0 heterocycles. The summed E-state index contributed by atoms with van der Waals surface area (Å²) in [5.74, 6) is -0.677. The zero-order valence-electron chi connectivity index (χ0n) is 18.1. The lowest BCUT2D eigenvalue weighted by Gasteiger charge is -2.17. The van der Waals surface area contributed by atoms with Gasteiger partial charge in [0.15, 0.2) is 5.78 Å². The number of esters is 1. The molecule has 3 aromatic rings. The largest absolute Gasteiger partial charge is 0.464 e. The average Bonchev–Trinajstić information content (AvgIpc) is 2.83. The Kier molecular flexibility index (Phi) is 8.37. The van der Waals surface area contributed by atoms with E-state index in [2.05, 4.69) is 5.32 Å². The summed E-state index contributed by atoms with van der Waals surface area (Å²) in [6.45, 7) is 2.21. The third-order valence-corrected chi connectivity index (χ3v) is 4.99. The average molecular weight is 434 g/mol. The number of alkyl carbamates (subject to hydrolysis) is 1. The van der Waals surface area contributed by atoms with E-state index in [0.29, 0.717) is 12.0 Å². The first-order chi connectivity index (χ1) is 15.6. The molecule has 3 aromatic carbocycles. The first kappa shape index (κ1) is 23.0. The van der Waals surface area contributed by atoms with Crippen molar-refractivity contribution in [1.82, 2.24) is 5.32 Å². The number of rotatable bonds is 10. The Morgan fingerprint density at radius 3 is 2.38 bits per heavy atom. The van der Waals surface area contributed by atoms with E-state index in [1.807, 2.05) is 73.7 Å². The van der Waals surface area contributed by atoms with Crippen LogP contribution in [0.15, 0.2) is 72.8 Å². The van der Waals surface area contributed by atoms with Gasteiger partial charge >= 0.3 is 12.1 Å². The fraction of sp³-hybridized carbons (Fsp3) is 0.269. The minimum Gasteiger partial charge on any atom is -0.464 e. The van der Waals surface area contributed by atoms with E-state index in [0.717, 1.165) is 16.3 Å². The van der Waals surface area contributed by atoms with Crippen LogP contribution in [0, 0.1) is 0 Å². The van der Waals surface area contributed by atoms with Gasteiger partial charge in [-0.3, -0.25) is 4.79 Å². The minimum absolute atomic E-state index is 0.0817. The second kappa shape index (κ2) is 11.6. The number of amides is 1. The van der Waals surface area contributed by atoms with Crippen LogP contribution in [-0.2, 0) is 20.9 Å². The van der Waals surface area contributed by atoms with E-state index in [9.17, 15) is 14.4 Å². The molecule has 0 fully saturated rings. The van der Waals surface area contributed by atoms with Crippen LogP contribution < -0.4 is 5.32 Å². The van der Waals surface area contributed by atoms with Crippen LogP contribution in [0.5, 0.6) is 0 Å². The second-order valence-electron chi connectivity index (χ2n) is 7.41. The molecule has 0 aliphatic rings. The predicted octanol–water partition coefficient (Wildman–Crippen LogP) is 5.05. The predicted molar refractivity (Wildman–Crippen MR) is 122 cm³/mol. The Morgan fingerprint density at radius 1 is 0.875 bits per heavy atom. The van der Waals surface area contributed by atoms with Gasteiger partial charge in [-0.15, -0.1) is 0 Å². The number of benzene rings is 3. The zero-order chi connectivity index (χ0) is 22.8. The molecule has 1 unspecified atom stereocenters. The van der Waals surface area contributed by atoms with Crippen molar-refractivity contribution in [2.75, 3.05) is 6.61 Å². The number of hydrogen-bond acceptors (Lipinski definition) is 5. The van der Waals surface area contributed by atoms with E-state index in [1.165, 1.54) is 0 Å². The van der Waals surface area contributed by atoms with Crippen molar-refractivity contribution in [3.05, 3.63) is 83.9 Å². The third kappa shape index (κ3) is 6.41. The Bertz CT molecular complexity index is 1060. The zero-order valence-corrected chi connectivity index (χ0v) is 18.1. The molecule has 6 heteroatoms. The lowest BCUT2D eigenvalue weighted by molar-refractivity contribution is -0.146. The van der Waals surface area contributed by atoms with Crippen LogP contribution in [0.2, 0.25) is 0 Å². The molecular weight excluding hydrogens is 406 g/mol. The lowest BCUT2D eigenvalue weighted by Crippen LogP contribution is -2.42. The first-order valence-corrected chi connectivity index (χ1v) is 10.7. The van der Waals surface area contributed by atoms with Crippen LogP contribution in [-0.4, -0.2) is 30.5 Å². The van der Waals surface area contributed by atoms with Crippen molar-refractivity contribution in [3.8, 4) is 0 Å². The Labute approximate surface area is 187 Å². The van der Waals surface area contributed by atoms with Gasteiger partial charge in [-0.1, -0.05) is 79.7 Å². The van der Waals surface area contributed by atoms with Gasteiger partial charge in [-0.2, -0.15) is 0 Å². The highest BCUT2D eigenvalue weighted by atomic mass is 16.6. The molecule has 1 N–H and O–H groups in total. The van der Waals surface area contributed by atoms with E-state index in [4.69, 9.17) is 9.47 Å². The molecule has 0 radical (unpaired) electrons. The Morgan fingerprint density at radius 2 is 1.59 bits per heavy atom. The van der Waals surface area contributed by atoms with Crippen molar-refractivity contribution in [1.29, 1.82) is 0 Å². The molecule has 0 aliphatic heterocycles. The smallest absolute Gasteiger partial charge is 0.408 e. The van der Waals surface area contributed by atoms with Gasteiger partial charge in [-0.25, -0.2) is 9.59 Å². The van der Waals surface area contributed by atoms with Gasteiger partial charge < -0.3 is 14.8 Å². The van der Waals surface area contributed by atoms with E-state index in [1.54, 1.807) is 6.07 Å². The number of hydrogen-bond donors (Lipinski definition) is 1. The van der Waals surface area contributed by atoms with Crippen LogP contribution >= 0.6 is 0 Å². The SMILES string of the molecule is CCCOC(=O)C(CCC(=O)c1cccc2ccccc12)NC(=O)OCc1ccccc1. The highest BCUT2D eigenvalue weighted by molar-refractivity contribution is 6.08. The monoisotopic (exact) mass is 433 g/mol. The fourth-order valence-corrected chi connectivity index (χ4v) is 3.34. The summed E-state index contributed by atoms with van der Waals surface area (Å²) in [4.78, 5) is 37.6. The van der Waals surface area contributed by atoms with E-state index < -0.39 is 18.1 Å². The van der Waals surface area contributed by atoms with Gasteiger partial charge in [-0.05, 0) is 29.2 Å². The fourth-order valence-electron chi connectivity index (χ4n) is 3.34. The summed E-state index contributed by atoms with van der Waals surface area (Å²) < 4.78 is 10.4. The molecular formula is C26H27NO5. The number of Topliss-reactive ketones (excluding diaryl/α,β-unsaturated/α-hetero) is 1. The number of fused-ring (bicyclic) bond motifs is 1. The molecule has 32 heavy (non-hydrogen) atoms. The molecule has 0 aliphatic carbocycles. The summed E-state index contributed by atoms with van der Waals surface area (Å²) in [5.41, 5.74) is 1.43. The maximum absolute atomic E-state index is 12.9. The number of ketones is 1. The summed E-state index contributed by atoms with van der Waals surface area (Å²) >= 11 is 0. The first-order valence-electron chi connectivity index (χ1n) is 10.7. The van der Waals surface area contributed by atoms with Gasteiger partial charge in [0, 0.05) is 12.0 Å². The van der Waals surface area contributed by atoms with Crippen LogP contribution in [0.3, 0.4) is 0 Å². The summed E-state index contributed by atoms with van der Waals surface area (Å²) in [6.07, 6.45) is 0.125. The van der Waals surface area contributed by atoms with Crippen LogP contribution in [0.25, 0.3) is 10.8 Å². The molecule has 1 amide bonds. The summed E-state index contributed by atoms with van der Waals surface area (Å²) in [7, 11) is 0. The van der Waals surface area contributed by atoms with E-state index in [-0.39, 0.29) is 31.8 Å². The number of nitrogens with one attached hydrogen (secondary N) is 1. The normalized spacial score (nSPS) is 11.5. The topological polar surface area (TPSA) is 81.7 Å².